The highest BCUT2D eigenvalue weighted by Crippen LogP contribution is 2.47. The van der Waals surface area contributed by atoms with Gasteiger partial charge >= 0.3 is 0 Å². The van der Waals surface area contributed by atoms with Crippen molar-refractivity contribution in [2.75, 3.05) is 33.9 Å². The Balaban J connectivity index is 1.75. The topological polar surface area (TPSA) is 46.1 Å². The van der Waals surface area contributed by atoms with Gasteiger partial charge in [-0.3, -0.25) is 0 Å². The van der Waals surface area contributed by atoms with E-state index in [2.05, 4.69) is 17.1 Å². The Morgan fingerprint density at radius 1 is 1.25 bits per heavy atom. The zero-order valence-corrected chi connectivity index (χ0v) is 15.1. The van der Waals surface area contributed by atoms with E-state index < -0.39 is 0 Å². The van der Waals surface area contributed by atoms with Gasteiger partial charge in [-0.15, -0.1) is 0 Å². The van der Waals surface area contributed by atoms with E-state index in [1.165, 1.54) is 25.7 Å². The van der Waals surface area contributed by atoms with Crippen molar-refractivity contribution >= 4 is 5.96 Å². The zero-order chi connectivity index (χ0) is 17.0. The van der Waals surface area contributed by atoms with Crippen LogP contribution in [0, 0.1) is 5.41 Å². The van der Waals surface area contributed by atoms with Crippen molar-refractivity contribution in [1.82, 2.24) is 10.2 Å². The number of nitrogens with one attached hydrogen (secondary N) is 1. The third-order valence-corrected chi connectivity index (χ3v) is 5.37. The molecule has 1 aromatic carbocycles. The third kappa shape index (κ3) is 3.30. The van der Waals surface area contributed by atoms with Gasteiger partial charge in [0.05, 0.1) is 20.8 Å². The molecule has 0 aromatic heterocycles. The lowest BCUT2D eigenvalue weighted by Gasteiger charge is -2.38. The zero-order valence-electron chi connectivity index (χ0n) is 15.1. The molecule has 24 heavy (non-hydrogen) atoms. The largest absolute Gasteiger partial charge is 0.493 e. The van der Waals surface area contributed by atoms with Crippen molar-refractivity contribution in [1.29, 1.82) is 0 Å². The smallest absolute Gasteiger partial charge is 0.194 e. The molecule has 1 saturated carbocycles. The lowest BCUT2D eigenvalue weighted by Crippen LogP contribution is -2.42. The molecule has 2 fully saturated rings. The molecule has 0 radical (unpaired) electrons. The van der Waals surface area contributed by atoms with Gasteiger partial charge in [0.1, 0.15) is 0 Å². The van der Waals surface area contributed by atoms with Gasteiger partial charge in [0, 0.05) is 25.2 Å². The number of nitrogens with zero attached hydrogens (tertiary/aromatic N) is 2. The molecule has 1 N–H and O–H groups in total. The van der Waals surface area contributed by atoms with Crippen LogP contribution in [0.2, 0.25) is 0 Å². The number of ether oxygens (including phenoxy) is 2. The summed E-state index contributed by atoms with van der Waals surface area (Å²) in [6.07, 6.45) is 5.46. The van der Waals surface area contributed by atoms with Crippen LogP contribution in [0.15, 0.2) is 23.2 Å². The number of guanidine groups is 1. The Morgan fingerprint density at radius 3 is 2.67 bits per heavy atom. The molecule has 0 unspecified atom stereocenters. The molecular weight excluding hydrogens is 302 g/mol. The predicted molar refractivity (Wildman–Crippen MR) is 96.8 cm³/mol. The highest BCUT2D eigenvalue weighted by atomic mass is 16.5. The minimum absolute atomic E-state index is 0.573. The highest BCUT2D eigenvalue weighted by molar-refractivity contribution is 5.80. The molecule has 3 rings (SSSR count). The molecule has 5 nitrogen and oxygen atoms in total. The fourth-order valence-electron chi connectivity index (χ4n) is 3.86. The number of rotatable bonds is 5. The lowest BCUT2D eigenvalue weighted by atomic mass is 9.68. The van der Waals surface area contributed by atoms with E-state index in [0.717, 1.165) is 42.7 Å². The molecule has 0 bridgehead atoms. The van der Waals surface area contributed by atoms with Crippen molar-refractivity contribution < 1.29 is 9.47 Å². The Bertz CT molecular complexity index is 596. The first-order valence-corrected chi connectivity index (χ1v) is 8.94. The van der Waals surface area contributed by atoms with E-state index in [9.17, 15) is 0 Å². The second-order valence-electron chi connectivity index (χ2n) is 6.85. The van der Waals surface area contributed by atoms with Crippen molar-refractivity contribution in [3.05, 3.63) is 23.8 Å². The van der Waals surface area contributed by atoms with Gasteiger partial charge in [0.25, 0.3) is 0 Å². The van der Waals surface area contributed by atoms with Crippen LogP contribution in [0.3, 0.4) is 0 Å². The SMILES string of the molecule is CCNC(=NCc1cccc(OC)c1OC)N1CCC2(CCC2)C1. The van der Waals surface area contributed by atoms with Crippen LogP contribution in [-0.2, 0) is 6.54 Å². The quantitative estimate of drug-likeness (QED) is 0.665. The summed E-state index contributed by atoms with van der Waals surface area (Å²) in [6.45, 7) is 5.86. The summed E-state index contributed by atoms with van der Waals surface area (Å²) in [5.74, 6) is 2.55. The molecule has 1 spiro atoms. The van der Waals surface area contributed by atoms with Crippen LogP contribution in [-0.4, -0.2) is 44.7 Å². The average molecular weight is 331 g/mol. The maximum absolute atomic E-state index is 5.52. The standard InChI is InChI=1S/C19H29N3O2/c1-4-20-18(22-12-11-19(14-22)9-6-10-19)21-13-15-7-5-8-16(23-2)17(15)24-3/h5,7-8H,4,6,9-14H2,1-3H3,(H,20,21). The summed E-state index contributed by atoms with van der Waals surface area (Å²) in [6, 6.07) is 5.95. The van der Waals surface area contributed by atoms with Crippen LogP contribution in [0.25, 0.3) is 0 Å². The first-order chi connectivity index (χ1) is 11.7. The van der Waals surface area contributed by atoms with Crippen LogP contribution in [0.4, 0.5) is 0 Å². The van der Waals surface area contributed by atoms with Crippen LogP contribution in [0.1, 0.15) is 38.2 Å². The minimum Gasteiger partial charge on any atom is -0.493 e. The summed E-state index contributed by atoms with van der Waals surface area (Å²) in [7, 11) is 3.34. The molecule has 0 amide bonds. The number of aliphatic imine (C=N–C) groups is 1. The fourth-order valence-corrected chi connectivity index (χ4v) is 3.86. The maximum Gasteiger partial charge on any atom is 0.194 e. The maximum atomic E-state index is 5.52. The van der Waals surface area contributed by atoms with Gasteiger partial charge in [-0.05, 0) is 37.7 Å². The summed E-state index contributed by atoms with van der Waals surface area (Å²) < 4.78 is 10.9. The van der Waals surface area contributed by atoms with Gasteiger partial charge in [-0.25, -0.2) is 4.99 Å². The molecule has 1 aromatic rings. The van der Waals surface area contributed by atoms with Crippen LogP contribution < -0.4 is 14.8 Å². The summed E-state index contributed by atoms with van der Waals surface area (Å²) in [5.41, 5.74) is 1.62. The van der Waals surface area contributed by atoms with E-state index in [1.54, 1.807) is 14.2 Å². The van der Waals surface area contributed by atoms with Gasteiger partial charge in [0.15, 0.2) is 17.5 Å². The number of methoxy groups -OCH3 is 2. The number of para-hydroxylation sites is 1. The Kier molecular flexibility index (Phi) is 5.17. The van der Waals surface area contributed by atoms with Gasteiger partial charge < -0.3 is 19.7 Å². The molecule has 1 aliphatic carbocycles. The summed E-state index contributed by atoms with van der Waals surface area (Å²) in [5, 5.41) is 3.45. The van der Waals surface area contributed by atoms with E-state index in [4.69, 9.17) is 14.5 Å². The van der Waals surface area contributed by atoms with Gasteiger partial charge in [-0.1, -0.05) is 18.6 Å². The Labute approximate surface area is 145 Å². The second-order valence-corrected chi connectivity index (χ2v) is 6.85. The van der Waals surface area contributed by atoms with E-state index >= 15 is 0 Å². The third-order valence-electron chi connectivity index (χ3n) is 5.37. The van der Waals surface area contributed by atoms with Crippen molar-refractivity contribution in [2.45, 2.75) is 39.2 Å². The van der Waals surface area contributed by atoms with Crippen molar-refractivity contribution in [3.8, 4) is 11.5 Å². The first-order valence-electron chi connectivity index (χ1n) is 8.94. The summed E-state index contributed by atoms with van der Waals surface area (Å²) >= 11 is 0. The molecule has 0 atom stereocenters. The second kappa shape index (κ2) is 7.32. The molecule has 1 aliphatic heterocycles. The van der Waals surface area contributed by atoms with Gasteiger partial charge in [-0.2, -0.15) is 0 Å². The molecule has 1 heterocycles. The number of hydrogen-bond acceptors (Lipinski definition) is 3. The van der Waals surface area contributed by atoms with Crippen LogP contribution in [0.5, 0.6) is 11.5 Å². The average Bonchev–Trinajstić information content (AvgIpc) is 3.04. The minimum atomic E-state index is 0.573. The monoisotopic (exact) mass is 331 g/mol. The Hall–Kier alpha value is -1.91. The van der Waals surface area contributed by atoms with E-state index in [0.29, 0.717) is 12.0 Å². The molecular formula is C19H29N3O2. The van der Waals surface area contributed by atoms with Gasteiger partial charge in [0.2, 0.25) is 0 Å². The molecule has 1 saturated heterocycles. The Morgan fingerprint density at radius 2 is 2.08 bits per heavy atom. The highest BCUT2D eigenvalue weighted by Gasteiger charge is 2.43. The summed E-state index contributed by atoms with van der Waals surface area (Å²) in [4.78, 5) is 7.30. The molecule has 5 heteroatoms. The fraction of sp³-hybridized carbons (Fsp3) is 0.632. The lowest BCUT2D eigenvalue weighted by molar-refractivity contribution is 0.151. The number of likely N-dealkylation sites (tertiary alicyclic amines) is 1. The molecule has 132 valence electrons. The molecule has 2 aliphatic rings. The van der Waals surface area contributed by atoms with Crippen LogP contribution >= 0.6 is 0 Å². The van der Waals surface area contributed by atoms with Crippen molar-refractivity contribution in [2.24, 2.45) is 10.4 Å². The number of hydrogen-bond donors (Lipinski definition) is 1. The van der Waals surface area contributed by atoms with Crippen molar-refractivity contribution in [3.63, 3.8) is 0 Å². The predicted octanol–water partition coefficient (Wildman–Crippen LogP) is 3.05. The normalized spacial score (nSPS) is 19.3. The first kappa shape index (κ1) is 16.9. The van der Waals surface area contributed by atoms with E-state index in [-0.39, 0.29) is 0 Å². The number of benzene rings is 1. The van der Waals surface area contributed by atoms with E-state index in [1.807, 2.05) is 18.2 Å².